The Morgan fingerprint density at radius 3 is 2.90 bits per heavy atom. The molecule has 9 heteroatoms. The van der Waals surface area contributed by atoms with Gasteiger partial charge in [0, 0.05) is 30.6 Å². The average molecular weight is 411 g/mol. The third kappa shape index (κ3) is 3.43. The van der Waals surface area contributed by atoms with Crippen molar-refractivity contribution in [3.8, 4) is 6.07 Å². The van der Waals surface area contributed by atoms with Gasteiger partial charge in [0.2, 0.25) is 15.9 Å². The summed E-state index contributed by atoms with van der Waals surface area (Å²) in [6.45, 7) is 0.543. The molecule has 5 rings (SSSR count). The number of carbonyl (C=O) groups excluding carboxylic acids is 1. The van der Waals surface area contributed by atoms with E-state index in [1.807, 2.05) is 18.2 Å². The minimum absolute atomic E-state index is 0.0230. The SMILES string of the molecule is N#CC1(CS(=O)(=O)N2CC=C(c3cc(NC(=O)C4CC4)nc4[nH]ccc34)C2)CC1. The Bertz CT molecular complexity index is 1180. The quantitative estimate of drug-likeness (QED) is 0.756. The zero-order chi connectivity index (χ0) is 20.2. The van der Waals surface area contributed by atoms with E-state index in [-0.39, 0.29) is 30.7 Å². The van der Waals surface area contributed by atoms with Gasteiger partial charge in [-0.15, -0.1) is 0 Å². The smallest absolute Gasteiger partial charge is 0.228 e. The van der Waals surface area contributed by atoms with Crippen molar-refractivity contribution in [1.82, 2.24) is 14.3 Å². The number of pyridine rings is 1. The van der Waals surface area contributed by atoms with Gasteiger partial charge in [0.05, 0.1) is 17.2 Å². The molecule has 0 unspecified atom stereocenters. The highest BCUT2D eigenvalue weighted by atomic mass is 32.2. The van der Waals surface area contributed by atoms with Crippen LogP contribution in [0.3, 0.4) is 0 Å². The van der Waals surface area contributed by atoms with Gasteiger partial charge in [0.25, 0.3) is 0 Å². The van der Waals surface area contributed by atoms with E-state index in [0.717, 1.165) is 29.4 Å². The lowest BCUT2D eigenvalue weighted by Gasteiger charge is -2.18. The number of aromatic nitrogens is 2. The van der Waals surface area contributed by atoms with Crippen LogP contribution in [0.5, 0.6) is 0 Å². The van der Waals surface area contributed by atoms with Crippen LogP contribution in [0, 0.1) is 22.7 Å². The molecule has 3 aliphatic rings. The number of nitriles is 1. The molecule has 2 aromatic heterocycles. The Balaban J connectivity index is 1.40. The summed E-state index contributed by atoms with van der Waals surface area (Å²) in [5.74, 6) is 0.400. The number of hydrogen-bond acceptors (Lipinski definition) is 5. The number of carbonyl (C=O) groups is 1. The predicted molar refractivity (Wildman–Crippen MR) is 108 cm³/mol. The van der Waals surface area contributed by atoms with Crippen LogP contribution in [0.4, 0.5) is 5.82 Å². The summed E-state index contributed by atoms with van der Waals surface area (Å²) in [4.78, 5) is 19.7. The Hall–Kier alpha value is -2.70. The van der Waals surface area contributed by atoms with Crippen LogP contribution in [0.25, 0.3) is 16.6 Å². The molecule has 2 saturated carbocycles. The maximum Gasteiger partial charge on any atom is 0.228 e. The lowest BCUT2D eigenvalue weighted by molar-refractivity contribution is -0.117. The molecule has 150 valence electrons. The van der Waals surface area contributed by atoms with Gasteiger partial charge < -0.3 is 10.3 Å². The van der Waals surface area contributed by atoms with Gasteiger partial charge in [0.1, 0.15) is 11.5 Å². The monoisotopic (exact) mass is 411 g/mol. The molecule has 0 saturated heterocycles. The molecule has 2 aliphatic carbocycles. The van der Waals surface area contributed by atoms with Gasteiger partial charge in [-0.25, -0.2) is 13.4 Å². The van der Waals surface area contributed by atoms with Crippen molar-refractivity contribution in [2.45, 2.75) is 25.7 Å². The van der Waals surface area contributed by atoms with E-state index in [4.69, 9.17) is 0 Å². The molecule has 2 fully saturated rings. The van der Waals surface area contributed by atoms with Crippen molar-refractivity contribution in [1.29, 1.82) is 5.26 Å². The fourth-order valence-corrected chi connectivity index (χ4v) is 5.63. The van der Waals surface area contributed by atoms with Crippen molar-refractivity contribution in [2.24, 2.45) is 11.3 Å². The highest BCUT2D eigenvalue weighted by Crippen LogP contribution is 2.46. The lowest BCUT2D eigenvalue weighted by Crippen LogP contribution is -2.34. The van der Waals surface area contributed by atoms with Crippen LogP contribution in [0.1, 0.15) is 31.2 Å². The van der Waals surface area contributed by atoms with Gasteiger partial charge in [-0.05, 0) is 49.0 Å². The van der Waals surface area contributed by atoms with Gasteiger partial charge in [-0.1, -0.05) is 6.08 Å². The molecular formula is C20H21N5O3S. The average Bonchev–Trinajstić information content (AvgIpc) is 3.57. The number of sulfonamides is 1. The number of amides is 1. The van der Waals surface area contributed by atoms with E-state index in [1.165, 1.54) is 4.31 Å². The maximum absolute atomic E-state index is 12.8. The normalized spacial score (nSPS) is 21.0. The van der Waals surface area contributed by atoms with Gasteiger partial charge in [0.15, 0.2) is 0 Å². The largest absolute Gasteiger partial charge is 0.346 e. The third-order valence-electron chi connectivity index (χ3n) is 5.90. The van der Waals surface area contributed by atoms with E-state index in [0.29, 0.717) is 24.3 Å². The van der Waals surface area contributed by atoms with E-state index in [1.54, 1.807) is 6.20 Å². The molecule has 8 nitrogen and oxygen atoms in total. The lowest BCUT2D eigenvalue weighted by atomic mass is 10.0. The number of H-pyrrole nitrogens is 1. The molecule has 1 aliphatic heterocycles. The van der Waals surface area contributed by atoms with Crippen LogP contribution in [0.15, 0.2) is 24.4 Å². The van der Waals surface area contributed by atoms with Crippen molar-refractivity contribution in [3.05, 3.63) is 30.0 Å². The van der Waals surface area contributed by atoms with Crippen LogP contribution >= 0.6 is 0 Å². The summed E-state index contributed by atoms with van der Waals surface area (Å²) >= 11 is 0. The standard InChI is InChI=1S/C20H21N5O3S/c21-11-20(5-6-20)12-29(27,28)25-8-4-14(10-25)16-9-17(24-19(26)13-1-2-13)23-18-15(16)3-7-22-18/h3-4,7,9,13H,1-2,5-6,8,10,12H2,(H2,22,23,24,26). The molecule has 0 radical (unpaired) electrons. The molecule has 0 aromatic carbocycles. The highest BCUT2D eigenvalue weighted by Gasteiger charge is 2.48. The van der Waals surface area contributed by atoms with Crippen molar-refractivity contribution in [2.75, 3.05) is 24.2 Å². The first-order chi connectivity index (χ1) is 13.9. The number of nitrogens with zero attached hydrogens (tertiary/aromatic N) is 3. The number of hydrogen-bond donors (Lipinski definition) is 2. The number of anilines is 1. The first-order valence-electron chi connectivity index (χ1n) is 9.77. The first-order valence-corrected chi connectivity index (χ1v) is 11.4. The Morgan fingerprint density at radius 2 is 2.21 bits per heavy atom. The Labute approximate surface area is 168 Å². The Morgan fingerprint density at radius 1 is 1.41 bits per heavy atom. The molecule has 2 N–H and O–H groups in total. The van der Waals surface area contributed by atoms with Gasteiger partial charge in [-0.2, -0.15) is 9.57 Å². The number of nitrogens with one attached hydrogen (secondary N) is 2. The molecule has 3 heterocycles. The van der Waals surface area contributed by atoms with Crippen molar-refractivity contribution >= 4 is 38.4 Å². The van der Waals surface area contributed by atoms with Crippen LogP contribution in [-0.2, 0) is 14.8 Å². The predicted octanol–water partition coefficient (Wildman–Crippen LogP) is 2.24. The summed E-state index contributed by atoms with van der Waals surface area (Å²) in [5.41, 5.74) is 1.69. The topological polar surface area (TPSA) is 119 Å². The van der Waals surface area contributed by atoms with E-state index in [9.17, 15) is 18.5 Å². The summed E-state index contributed by atoms with van der Waals surface area (Å²) in [5, 5.41) is 13.0. The molecule has 1 amide bonds. The van der Waals surface area contributed by atoms with E-state index < -0.39 is 15.4 Å². The van der Waals surface area contributed by atoms with Crippen LogP contribution in [0.2, 0.25) is 0 Å². The second kappa shape index (κ2) is 6.40. The second-order valence-corrected chi connectivity index (χ2v) is 10.2. The number of rotatable bonds is 6. The zero-order valence-corrected chi connectivity index (χ0v) is 16.6. The minimum atomic E-state index is -3.51. The second-order valence-electron chi connectivity index (χ2n) is 8.23. The minimum Gasteiger partial charge on any atom is -0.346 e. The summed E-state index contributed by atoms with van der Waals surface area (Å²) in [7, 11) is -3.51. The molecule has 0 bridgehead atoms. The highest BCUT2D eigenvalue weighted by molar-refractivity contribution is 7.89. The van der Waals surface area contributed by atoms with Crippen molar-refractivity contribution < 1.29 is 13.2 Å². The van der Waals surface area contributed by atoms with Gasteiger partial charge in [-0.3, -0.25) is 4.79 Å². The third-order valence-corrected chi connectivity index (χ3v) is 7.89. The fraction of sp³-hybridized carbons (Fsp3) is 0.450. The molecule has 0 atom stereocenters. The van der Waals surface area contributed by atoms with Crippen molar-refractivity contribution in [3.63, 3.8) is 0 Å². The van der Waals surface area contributed by atoms with Gasteiger partial charge >= 0.3 is 0 Å². The summed E-state index contributed by atoms with van der Waals surface area (Å²) in [6.07, 6.45) is 6.79. The van der Waals surface area contributed by atoms with E-state index in [2.05, 4.69) is 21.4 Å². The molecule has 2 aromatic rings. The molecule has 29 heavy (non-hydrogen) atoms. The molecule has 0 spiro atoms. The molecular weight excluding hydrogens is 390 g/mol. The summed E-state index contributed by atoms with van der Waals surface area (Å²) < 4.78 is 27.0. The van der Waals surface area contributed by atoms with E-state index >= 15 is 0 Å². The number of fused-ring (bicyclic) bond motifs is 1. The van der Waals surface area contributed by atoms with Crippen LogP contribution < -0.4 is 5.32 Å². The zero-order valence-electron chi connectivity index (χ0n) is 15.8. The maximum atomic E-state index is 12.8. The van der Waals surface area contributed by atoms with Crippen LogP contribution in [-0.4, -0.2) is 47.4 Å². The Kier molecular flexibility index (Phi) is 4.05. The fourth-order valence-electron chi connectivity index (χ4n) is 3.76. The summed E-state index contributed by atoms with van der Waals surface area (Å²) in [6, 6.07) is 5.88. The number of aromatic amines is 1. The first kappa shape index (κ1) is 18.3.